The van der Waals surface area contributed by atoms with E-state index in [1.807, 2.05) is 13.8 Å². The molecule has 0 spiro atoms. The van der Waals surface area contributed by atoms with Gasteiger partial charge in [-0.2, -0.15) is 0 Å². The summed E-state index contributed by atoms with van der Waals surface area (Å²) < 4.78 is 27.5. The number of hydrogen-bond donors (Lipinski definition) is 2. The lowest BCUT2D eigenvalue weighted by Gasteiger charge is -2.10. The number of nitrogens with zero attached hydrogens (tertiary/aromatic N) is 2. The first-order chi connectivity index (χ1) is 14.1. The molecule has 2 N–H and O–H groups in total. The standard InChI is InChI=1S/C19H18Cl2N4O3S2/c1-11(2)18-23-24-19(29-18)22-17(26)7-12-3-5-15(6-4-12)25-30(27,28)16-9-13(20)8-14(21)10-16/h3-6,8-11,25H,7H2,1-2H3,(H,22,24,26). The van der Waals surface area contributed by atoms with E-state index in [0.29, 0.717) is 10.8 Å². The maximum absolute atomic E-state index is 12.5. The number of halogens is 2. The van der Waals surface area contributed by atoms with Crippen LogP contribution in [-0.2, 0) is 21.2 Å². The summed E-state index contributed by atoms with van der Waals surface area (Å²) in [6.45, 7) is 4.01. The summed E-state index contributed by atoms with van der Waals surface area (Å²) in [6, 6.07) is 10.6. The van der Waals surface area contributed by atoms with Crippen molar-refractivity contribution in [2.45, 2.75) is 31.1 Å². The van der Waals surface area contributed by atoms with Crippen LogP contribution in [0.15, 0.2) is 47.4 Å². The largest absolute Gasteiger partial charge is 0.300 e. The van der Waals surface area contributed by atoms with E-state index in [-0.39, 0.29) is 33.2 Å². The summed E-state index contributed by atoms with van der Waals surface area (Å²) in [7, 11) is -3.85. The van der Waals surface area contributed by atoms with Gasteiger partial charge in [0.05, 0.1) is 11.3 Å². The number of rotatable bonds is 7. The van der Waals surface area contributed by atoms with Crippen molar-refractivity contribution in [3.8, 4) is 0 Å². The highest BCUT2D eigenvalue weighted by Gasteiger charge is 2.16. The van der Waals surface area contributed by atoms with Gasteiger partial charge in [0, 0.05) is 21.7 Å². The number of hydrogen-bond acceptors (Lipinski definition) is 6. The number of aromatic nitrogens is 2. The van der Waals surface area contributed by atoms with Crippen molar-refractivity contribution >= 4 is 61.3 Å². The second-order valence-electron chi connectivity index (χ2n) is 6.73. The number of amides is 1. The van der Waals surface area contributed by atoms with Crippen LogP contribution in [0.5, 0.6) is 0 Å². The van der Waals surface area contributed by atoms with E-state index in [9.17, 15) is 13.2 Å². The third-order valence-electron chi connectivity index (χ3n) is 3.90. The van der Waals surface area contributed by atoms with Crippen molar-refractivity contribution in [3.05, 3.63) is 63.1 Å². The average molecular weight is 485 g/mol. The van der Waals surface area contributed by atoms with Crippen molar-refractivity contribution in [1.82, 2.24) is 10.2 Å². The molecule has 11 heteroatoms. The Labute approximate surface area is 188 Å². The monoisotopic (exact) mass is 484 g/mol. The summed E-state index contributed by atoms with van der Waals surface area (Å²) in [5.74, 6) is 0.00997. The zero-order valence-corrected chi connectivity index (χ0v) is 19.2. The smallest absolute Gasteiger partial charge is 0.261 e. The predicted octanol–water partition coefficient (Wildman–Crippen LogP) is 4.95. The molecule has 0 aliphatic carbocycles. The van der Waals surface area contributed by atoms with Gasteiger partial charge in [-0.3, -0.25) is 9.52 Å². The highest BCUT2D eigenvalue weighted by molar-refractivity contribution is 7.92. The second kappa shape index (κ2) is 9.30. The Bertz CT molecular complexity index is 1140. The molecule has 30 heavy (non-hydrogen) atoms. The lowest BCUT2D eigenvalue weighted by molar-refractivity contribution is -0.115. The van der Waals surface area contributed by atoms with Gasteiger partial charge in [-0.05, 0) is 35.9 Å². The number of carbonyl (C=O) groups is 1. The summed E-state index contributed by atoms with van der Waals surface area (Å²) >= 11 is 13.1. The van der Waals surface area contributed by atoms with Gasteiger partial charge in [0.2, 0.25) is 11.0 Å². The molecule has 7 nitrogen and oxygen atoms in total. The van der Waals surface area contributed by atoms with Gasteiger partial charge in [0.1, 0.15) is 5.01 Å². The van der Waals surface area contributed by atoms with Gasteiger partial charge in [-0.25, -0.2) is 8.42 Å². The zero-order valence-electron chi connectivity index (χ0n) is 16.0. The van der Waals surface area contributed by atoms with Crippen LogP contribution in [0.1, 0.15) is 30.3 Å². The molecule has 0 saturated heterocycles. The minimum absolute atomic E-state index is 0.0405. The molecule has 0 unspecified atom stereocenters. The maximum atomic E-state index is 12.5. The third kappa shape index (κ3) is 5.91. The van der Waals surface area contributed by atoms with Crippen molar-refractivity contribution in [1.29, 1.82) is 0 Å². The highest BCUT2D eigenvalue weighted by Crippen LogP contribution is 2.25. The van der Waals surface area contributed by atoms with E-state index in [4.69, 9.17) is 23.2 Å². The normalized spacial score (nSPS) is 11.5. The number of sulfonamides is 1. The number of anilines is 2. The second-order valence-corrected chi connectivity index (χ2v) is 10.3. The van der Waals surface area contributed by atoms with Crippen LogP contribution in [0.25, 0.3) is 0 Å². The van der Waals surface area contributed by atoms with Gasteiger partial charge in [0.15, 0.2) is 0 Å². The summed E-state index contributed by atoms with van der Waals surface area (Å²) in [4.78, 5) is 12.2. The molecule has 1 heterocycles. The molecule has 3 aromatic rings. The summed E-state index contributed by atoms with van der Waals surface area (Å²) in [6.07, 6.45) is 0.119. The number of carbonyl (C=O) groups excluding carboxylic acids is 1. The van der Waals surface area contributed by atoms with E-state index >= 15 is 0 Å². The van der Waals surface area contributed by atoms with E-state index in [1.54, 1.807) is 24.3 Å². The van der Waals surface area contributed by atoms with Gasteiger partial charge in [0.25, 0.3) is 10.0 Å². The first-order valence-corrected chi connectivity index (χ1v) is 11.9. The zero-order chi connectivity index (χ0) is 21.9. The highest BCUT2D eigenvalue weighted by atomic mass is 35.5. The van der Waals surface area contributed by atoms with E-state index < -0.39 is 10.0 Å². The van der Waals surface area contributed by atoms with Crippen molar-refractivity contribution in [2.75, 3.05) is 10.0 Å². The number of benzene rings is 2. The Kier molecular flexibility index (Phi) is 6.97. The van der Waals surface area contributed by atoms with Crippen LogP contribution < -0.4 is 10.0 Å². The molecule has 0 radical (unpaired) electrons. The molecule has 0 saturated carbocycles. The molecule has 0 aliphatic heterocycles. The molecule has 1 amide bonds. The van der Waals surface area contributed by atoms with Crippen LogP contribution in [0.3, 0.4) is 0 Å². The van der Waals surface area contributed by atoms with Crippen LogP contribution in [-0.4, -0.2) is 24.5 Å². The minimum atomic E-state index is -3.85. The Morgan fingerprint density at radius 2 is 1.70 bits per heavy atom. The van der Waals surface area contributed by atoms with Gasteiger partial charge < -0.3 is 5.32 Å². The van der Waals surface area contributed by atoms with Crippen LogP contribution in [0.2, 0.25) is 10.0 Å². The van der Waals surface area contributed by atoms with Crippen molar-refractivity contribution < 1.29 is 13.2 Å². The minimum Gasteiger partial charge on any atom is -0.300 e. The fourth-order valence-corrected chi connectivity index (χ4v) is 5.00. The molecule has 1 aromatic heterocycles. The fraction of sp³-hybridized carbons (Fsp3) is 0.211. The Morgan fingerprint density at radius 1 is 1.07 bits per heavy atom. The number of nitrogens with one attached hydrogen (secondary N) is 2. The molecular weight excluding hydrogens is 467 g/mol. The van der Waals surface area contributed by atoms with Gasteiger partial charge in [-0.15, -0.1) is 10.2 Å². The van der Waals surface area contributed by atoms with Gasteiger partial charge in [-0.1, -0.05) is 60.5 Å². The lowest BCUT2D eigenvalue weighted by atomic mass is 10.1. The first kappa shape index (κ1) is 22.5. The van der Waals surface area contributed by atoms with E-state index in [2.05, 4.69) is 20.2 Å². The third-order valence-corrected chi connectivity index (χ3v) is 6.83. The molecule has 0 atom stereocenters. The SMILES string of the molecule is CC(C)c1nnc(NC(=O)Cc2ccc(NS(=O)(=O)c3cc(Cl)cc(Cl)c3)cc2)s1. The molecule has 158 valence electrons. The maximum Gasteiger partial charge on any atom is 0.261 e. The molecule has 0 aliphatic rings. The van der Waals surface area contributed by atoms with E-state index in [1.165, 1.54) is 29.5 Å². The quantitative estimate of drug-likeness (QED) is 0.493. The van der Waals surface area contributed by atoms with Crippen molar-refractivity contribution in [2.24, 2.45) is 0 Å². The average Bonchev–Trinajstić information content (AvgIpc) is 3.11. The van der Waals surface area contributed by atoms with Crippen molar-refractivity contribution in [3.63, 3.8) is 0 Å². The molecular formula is C19H18Cl2N4O3S2. The molecule has 0 bridgehead atoms. The summed E-state index contributed by atoms with van der Waals surface area (Å²) in [5, 5.41) is 12.5. The fourth-order valence-electron chi connectivity index (χ4n) is 2.46. The van der Waals surface area contributed by atoms with Crippen LogP contribution in [0.4, 0.5) is 10.8 Å². The first-order valence-electron chi connectivity index (χ1n) is 8.83. The lowest BCUT2D eigenvalue weighted by Crippen LogP contribution is -2.15. The summed E-state index contributed by atoms with van der Waals surface area (Å²) in [5.41, 5.74) is 1.07. The molecule has 2 aromatic carbocycles. The molecule has 3 rings (SSSR count). The molecule has 0 fully saturated rings. The topological polar surface area (TPSA) is 101 Å². The Balaban J connectivity index is 1.63. The Hall–Kier alpha value is -2.20. The van der Waals surface area contributed by atoms with Crippen LogP contribution in [0, 0.1) is 0 Å². The van der Waals surface area contributed by atoms with Gasteiger partial charge >= 0.3 is 0 Å². The van der Waals surface area contributed by atoms with E-state index in [0.717, 1.165) is 10.6 Å². The predicted molar refractivity (Wildman–Crippen MR) is 120 cm³/mol. The van der Waals surface area contributed by atoms with Crippen LogP contribution >= 0.6 is 34.5 Å². The Morgan fingerprint density at radius 3 is 2.27 bits per heavy atom.